The Bertz CT molecular complexity index is 254. The van der Waals surface area contributed by atoms with Gasteiger partial charge in [-0.1, -0.05) is 0 Å². The number of halogens is 3. The third kappa shape index (κ3) is 3.15. The van der Waals surface area contributed by atoms with Crippen molar-refractivity contribution in [3.8, 4) is 0 Å². The first-order valence-corrected chi connectivity index (χ1v) is 3.97. The van der Waals surface area contributed by atoms with Gasteiger partial charge in [0.05, 0.1) is 0 Å². The van der Waals surface area contributed by atoms with Gasteiger partial charge in [0.15, 0.2) is 0 Å². The highest BCUT2D eigenvalue weighted by Gasteiger charge is 2.28. The van der Waals surface area contributed by atoms with E-state index in [4.69, 9.17) is 0 Å². The van der Waals surface area contributed by atoms with Gasteiger partial charge in [-0.05, 0) is 36.0 Å². The summed E-state index contributed by atoms with van der Waals surface area (Å²) in [5.74, 6) is 0. The molecule has 0 aliphatic rings. The topological polar surface area (TPSA) is 27.6 Å². The summed E-state index contributed by atoms with van der Waals surface area (Å²) in [6, 6.07) is 5.91. The highest BCUT2D eigenvalue weighted by molar-refractivity contribution is 8.00. The number of hydrogen-bond donors (Lipinski definition) is 1. The van der Waals surface area contributed by atoms with Crippen molar-refractivity contribution in [2.75, 3.05) is 0 Å². The van der Waals surface area contributed by atoms with Crippen LogP contribution in [0.1, 0.15) is 0 Å². The summed E-state index contributed by atoms with van der Waals surface area (Å²) in [6.45, 7) is 0. The first kappa shape index (κ1) is 9.41. The van der Waals surface area contributed by atoms with Gasteiger partial charge in [0.1, 0.15) is 5.69 Å². The van der Waals surface area contributed by atoms with Crippen molar-refractivity contribution in [3.63, 3.8) is 0 Å². The predicted molar refractivity (Wildman–Crippen MR) is 40.9 cm³/mol. The van der Waals surface area contributed by atoms with E-state index in [0.29, 0.717) is 5.69 Å². The molecule has 1 aromatic rings. The molecule has 0 radical (unpaired) electrons. The van der Waals surface area contributed by atoms with Gasteiger partial charge in [-0.15, -0.1) is 0 Å². The molecule has 1 rings (SSSR count). The van der Waals surface area contributed by atoms with Crippen molar-refractivity contribution >= 4 is 17.4 Å². The fourth-order valence-corrected chi connectivity index (χ4v) is 1.23. The molecule has 0 amide bonds. The van der Waals surface area contributed by atoms with Crippen LogP contribution in [0.3, 0.4) is 0 Å². The van der Waals surface area contributed by atoms with E-state index in [1.165, 1.54) is 12.1 Å². The molecule has 0 saturated carbocycles. The maximum absolute atomic E-state index is 11.8. The lowest BCUT2D eigenvalue weighted by molar-refractivity contribution is -0.254. The lowest BCUT2D eigenvalue weighted by Gasteiger charge is -2.03. The molecule has 0 unspecified atom stereocenters. The number of alkyl halides is 3. The fraction of sp³-hybridized carbons (Fsp3) is 0.143. The summed E-state index contributed by atoms with van der Waals surface area (Å²) >= 11 is -0.118. The molecule has 3 N–H and O–H groups in total. The number of thioether (sulfide) groups is 1. The van der Waals surface area contributed by atoms with E-state index in [1.54, 1.807) is 12.1 Å². The van der Waals surface area contributed by atoms with E-state index in [2.05, 4.69) is 5.73 Å². The summed E-state index contributed by atoms with van der Waals surface area (Å²) < 4.78 is 35.4. The Morgan fingerprint density at radius 1 is 1.08 bits per heavy atom. The van der Waals surface area contributed by atoms with Crippen LogP contribution >= 0.6 is 11.8 Å². The van der Waals surface area contributed by atoms with Crippen LogP contribution in [-0.2, 0) is 0 Å². The standard InChI is InChI=1S/C7H6F3NS/c8-7(9,10)12-6-3-1-5(11)2-4-6/h1-4H,11H2/p+1. The maximum atomic E-state index is 11.8. The molecule has 0 atom stereocenters. The molecule has 0 bridgehead atoms. The number of quaternary nitrogens is 1. The van der Waals surface area contributed by atoms with Crippen molar-refractivity contribution in [1.82, 2.24) is 0 Å². The lowest BCUT2D eigenvalue weighted by atomic mass is 10.3. The summed E-state index contributed by atoms with van der Waals surface area (Å²) in [5.41, 5.74) is 0.0717. The van der Waals surface area contributed by atoms with Gasteiger partial charge in [-0.25, -0.2) is 0 Å². The molecule has 0 saturated heterocycles. The van der Waals surface area contributed by atoms with Crippen LogP contribution < -0.4 is 5.73 Å². The van der Waals surface area contributed by atoms with Crippen molar-refractivity contribution < 1.29 is 18.9 Å². The van der Waals surface area contributed by atoms with Crippen molar-refractivity contribution in [3.05, 3.63) is 24.3 Å². The number of benzene rings is 1. The summed E-state index contributed by atoms with van der Waals surface area (Å²) in [5, 5.41) is 0. The zero-order chi connectivity index (χ0) is 9.19. The van der Waals surface area contributed by atoms with Crippen molar-refractivity contribution in [2.45, 2.75) is 10.4 Å². The lowest BCUT2D eigenvalue weighted by Crippen LogP contribution is -2.39. The van der Waals surface area contributed by atoms with Crippen LogP contribution in [0.5, 0.6) is 0 Å². The fourth-order valence-electron chi connectivity index (χ4n) is 0.691. The van der Waals surface area contributed by atoms with Crippen LogP contribution in [0.2, 0.25) is 0 Å². The Kier molecular flexibility index (Phi) is 2.64. The molecular weight excluding hydrogens is 187 g/mol. The maximum Gasteiger partial charge on any atom is 0.446 e. The smallest absolute Gasteiger partial charge is 0.325 e. The number of rotatable bonds is 1. The van der Waals surface area contributed by atoms with Crippen LogP contribution in [0.4, 0.5) is 18.9 Å². The minimum Gasteiger partial charge on any atom is -0.325 e. The van der Waals surface area contributed by atoms with Gasteiger partial charge >= 0.3 is 5.51 Å². The Morgan fingerprint density at radius 3 is 2.00 bits per heavy atom. The van der Waals surface area contributed by atoms with Crippen LogP contribution in [0, 0.1) is 0 Å². The minimum atomic E-state index is -4.21. The Labute approximate surface area is 71.8 Å². The highest BCUT2D eigenvalue weighted by Crippen LogP contribution is 2.36. The van der Waals surface area contributed by atoms with Crippen LogP contribution in [0.25, 0.3) is 0 Å². The highest BCUT2D eigenvalue weighted by atomic mass is 32.2. The van der Waals surface area contributed by atoms with Crippen molar-refractivity contribution in [2.24, 2.45) is 0 Å². The van der Waals surface area contributed by atoms with E-state index in [9.17, 15) is 13.2 Å². The van der Waals surface area contributed by atoms with Crippen LogP contribution in [-0.4, -0.2) is 5.51 Å². The largest absolute Gasteiger partial charge is 0.446 e. The first-order valence-electron chi connectivity index (χ1n) is 3.15. The van der Waals surface area contributed by atoms with Crippen LogP contribution in [0.15, 0.2) is 29.2 Å². The second-order valence-corrected chi connectivity index (χ2v) is 3.33. The second-order valence-electron chi connectivity index (χ2n) is 2.19. The van der Waals surface area contributed by atoms with E-state index in [1.807, 2.05) is 0 Å². The van der Waals surface area contributed by atoms with Crippen molar-refractivity contribution in [1.29, 1.82) is 0 Å². The monoisotopic (exact) mass is 194 g/mol. The molecule has 5 heteroatoms. The zero-order valence-electron chi connectivity index (χ0n) is 6.06. The van der Waals surface area contributed by atoms with Gasteiger partial charge in [-0.2, -0.15) is 13.2 Å². The SMILES string of the molecule is [NH3+]c1ccc(SC(F)(F)F)cc1. The summed E-state index contributed by atoms with van der Waals surface area (Å²) in [6.07, 6.45) is 0. The Balaban J connectivity index is 2.71. The van der Waals surface area contributed by atoms with Gasteiger partial charge < -0.3 is 5.73 Å². The molecule has 1 aromatic carbocycles. The van der Waals surface area contributed by atoms with Gasteiger partial charge in [0.2, 0.25) is 0 Å². The minimum absolute atomic E-state index is 0.118. The quantitative estimate of drug-likeness (QED) is 0.682. The van der Waals surface area contributed by atoms with Gasteiger partial charge in [-0.3, -0.25) is 0 Å². The molecule has 0 aromatic heterocycles. The zero-order valence-corrected chi connectivity index (χ0v) is 6.88. The van der Waals surface area contributed by atoms with E-state index in [-0.39, 0.29) is 16.7 Å². The third-order valence-electron chi connectivity index (χ3n) is 1.16. The first-order chi connectivity index (χ1) is 5.47. The Morgan fingerprint density at radius 2 is 1.58 bits per heavy atom. The molecule has 0 aliphatic heterocycles. The molecular formula is C7H7F3NS+. The molecule has 0 heterocycles. The average Bonchev–Trinajstić information content (AvgIpc) is 1.91. The average molecular weight is 194 g/mol. The van der Waals surface area contributed by atoms with E-state index < -0.39 is 5.51 Å². The molecule has 66 valence electrons. The normalized spacial score (nSPS) is 11.7. The molecule has 1 nitrogen and oxygen atoms in total. The third-order valence-corrected chi connectivity index (χ3v) is 1.90. The molecule has 12 heavy (non-hydrogen) atoms. The van der Waals surface area contributed by atoms with E-state index >= 15 is 0 Å². The van der Waals surface area contributed by atoms with E-state index in [0.717, 1.165) is 0 Å². The molecule has 0 aliphatic carbocycles. The second kappa shape index (κ2) is 3.37. The predicted octanol–water partition coefficient (Wildman–Crippen LogP) is 2.17. The summed E-state index contributed by atoms with van der Waals surface area (Å²) in [4.78, 5) is 0.190. The van der Waals surface area contributed by atoms with Gasteiger partial charge in [0, 0.05) is 4.90 Å². The number of hydrogen-bond acceptors (Lipinski definition) is 1. The van der Waals surface area contributed by atoms with Gasteiger partial charge in [0.25, 0.3) is 0 Å². The Hall–Kier alpha value is -0.680. The molecule has 0 fully saturated rings. The summed E-state index contributed by atoms with van der Waals surface area (Å²) in [7, 11) is 0. The molecule has 0 spiro atoms.